The summed E-state index contributed by atoms with van der Waals surface area (Å²) < 4.78 is 19.2. The lowest BCUT2D eigenvalue weighted by atomic mass is 9.74. The van der Waals surface area contributed by atoms with Gasteiger partial charge in [0.15, 0.2) is 5.58 Å². The van der Waals surface area contributed by atoms with Crippen molar-refractivity contribution >= 4 is 22.7 Å². The van der Waals surface area contributed by atoms with Crippen molar-refractivity contribution in [3.05, 3.63) is 28.9 Å². The van der Waals surface area contributed by atoms with Crippen LogP contribution in [0, 0.1) is 5.82 Å². The summed E-state index contributed by atoms with van der Waals surface area (Å²) in [5, 5.41) is 0.0674. The second-order valence-corrected chi connectivity index (χ2v) is 5.71. The van der Waals surface area contributed by atoms with E-state index in [1.165, 1.54) is 18.6 Å². The first-order chi connectivity index (χ1) is 9.14. The maximum absolute atomic E-state index is 13.4. The SMILES string of the molecule is NCC1(c2nc3cc(Cl)c(F)cc3o2)CCCCC1. The molecule has 102 valence electrons. The zero-order valence-electron chi connectivity index (χ0n) is 10.6. The lowest BCUT2D eigenvalue weighted by Gasteiger charge is -2.32. The summed E-state index contributed by atoms with van der Waals surface area (Å²) in [4.78, 5) is 4.48. The van der Waals surface area contributed by atoms with Crippen LogP contribution < -0.4 is 5.73 Å². The predicted octanol–water partition coefficient (Wildman–Crippen LogP) is 3.78. The lowest BCUT2D eigenvalue weighted by Crippen LogP contribution is -2.37. The highest BCUT2D eigenvalue weighted by Gasteiger charge is 2.37. The zero-order chi connectivity index (χ0) is 13.5. The van der Waals surface area contributed by atoms with Gasteiger partial charge in [-0.3, -0.25) is 0 Å². The number of halogens is 2. The number of hydrogen-bond acceptors (Lipinski definition) is 3. The maximum Gasteiger partial charge on any atom is 0.202 e. The van der Waals surface area contributed by atoms with Crippen LogP contribution in [0.1, 0.15) is 38.0 Å². The van der Waals surface area contributed by atoms with Crippen LogP contribution in [0.15, 0.2) is 16.5 Å². The van der Waals surface area contributed by atoms with E-state index in [1.54, 1.807) is 0 Å². The second kappa shape index (κ2) is 4.76. The molecule has 1 aliphatic carbocycles. The summed E-state index contributed by atoms with van der Waals surface area (Å²) in [5.41, 5.74) is 6.79. The summed E-state index contributed by atoms with van der Waals surface area (Å²) in [6, 6.07) is 2.80. The van der Waals surface area contributed by atoms with Crippen LogP contribution >= 0.6 is 11.6 Å². The van der Waals surface area contributed by atoms with Crippen LogP contribution in [0.5, 0.6) is 0 Å². The quantitative estimate of drug-likeness (QED) is 0.912. The summed E-state index contributed by atoms with van der Waals surface area (Å²) in [6.45, 7) is 0.510. The number of oxazole rings is 1. The van der Waals surface area contributed by atoms with E-state index in [1.807, 2.05) is 0 Å². The molecule has 5 heteroatoms. The average molecular weight is 283 g/mol. The Kier molecular flexibility index (Phi) is 3.23. The van der Waals surface area contributed by atoms with E-state index in [4.69, 9.17) is 21.8 Å². The van der Waals surface area contributed by atoms with Crippen molar-refractivity contribution in [3.63, 3.8) is 0 Å². The van der Waals surface area contributed by atoms with Gasteiger partial charge in [0.1, 0.15) is 11.3 Å². The van der Waals surface area contributed by atoms with Crippen LogP contribution in [0.4, 0.5) is 4.39 Å². The molecule has 2 N–H and O–H groups in total. The van der Waals surface area contributed by atoms with Gasteiger partial charge in [0, 0.05) is 12.6 Å². The topological polar surface area (TPSA) is 52.0 Å². The third kappa shape index (κ3) is 2.13. The Hall–Kier alpha value is -1.13. The van der Waals surface area contributed by atoms with E-state index < -0.39 is 5.82 Å². The van der Waals surface area contributed by atoms with Crippen molar-refractivity contribution in [3.8, 4) is 0 Å². The smallest absolute Gasteiger partial charge is 0.202 e. The summed E-state index contributed by atoms with van der Waals surface area (Å²) in [6.07, 6.45) is 5.44. The summed E-state index contributed by atoms with van der Waals surface area (Å²) in [5.74, 6) is 0.147. The highest BCUT2D eigenvalue weighted by atomic mass is 35.5. The minimum Gasteiger partial charge on any atom is -0.440 e. The molecule has 0 bridgehead atoms. The number of rotatable bonds is 2. The minimum absolute atomic E-state index is 0.0674. The molecule has 19 heavy (non-hydrogen) atoms. The molecule has 0 atom stereocenters. The highest BCUT2D eigenvalue weighted by Crippen LogP contribution is 2.39. The molecule has 3 rings (SSSR count). The molecule has 3 nitrogen and oxygen atoms in total. The molecule has 0 unspecified atom stereocenters. The van der Waals surface area contributed by atoms with Gasteiger partial charge in [0.2, 0.25) is 5.89 Å². The fraction of sp³-hybridized carbons (Fsp3) is 0.500. The molecule has 1 fully saturated rings. The number of hydrogen-bond donors (Lipinski definition) is 1. The van der Waals surface area contributed by atoms with Crippen LogP contribution in [0.3, 0.4) is 0 Å². The molecule has 1 saturated carbocycles. The largest absolute Gasteiger partial charge is 0.440 e. The maximum atomic E-state index is 13.4. The number of aromatic nitrogens is 1. The van der Waals surface area contributed by atoms with E-state index in [0.717, 1.165) is 25.7 Å². The first kappa shape index (κ1) is 12.9. The van der Waals surface area contributed by atoms with Gasteiger partial charge >= 0.3 is 0 Å². The molecule has 0 aliphatic heterocycles. The fourth-order valence-corrected chi connectivity index (χ4v) is 3.04. The van der Waals surface area contributed by atoms with Gasteiger partial charge in [-0.2, -0.15) is 0 Å². The third-order valence-corrected chi connectivity index (χ3v) is 4.38. The van der Waals surface area contributed by atoms with Crippen LogP contribution in [0.2, 0.25) is 5.02 Å². The van der Waals surface area contributed by atoms with E-state index in [0.29, 0.717) is 23.5 Å². The number of nitrogens with two attached hydrogens (primary N) is 1. The molecule has 0 spiro atoms. The Bertz CT molecular complexity index is 566. The van der Waals surface area contributed by atoms with Crippen molar-refractivity contribution < 1.29 is 8.81 Å². The third-order valence-electron chi connectivity index (χ3n) is 4.09. The highest BCUT2D eigenvalue weighted by molar-refractivity contribution is 6.31. The van der Waals surface area contributed by atoms with Crippen molar-refractivity contribution in [1.82, 2.24) is 4.98 Å². The van der Waals surface area contributed by atoms with Crippen molar-refractivity contribution in [1.29, 1.82) is 0 Å². The molecule has 0 amide bonds. The van der Waals surface area contributed by atoms with Crippen LogP contribution in [-0.2, 0) is 5.41 Å². The monoisotopic (exact) mass is 282 g/mol. The first-order valence-electron chi connectivity index (χ1n) is 6.61. The molecular weight excluding hydrogens is 267 g/mol. The van der Waals surface area contributed by atoms with Crippen molar-refractivity contribution in [2.75, 3.05) is 6.54 Å². The standard InChI is InChI=1S/C14H16ClFN2O/c15-9-6-11-12(7-10(9)16)19-13(18-11)14(8-17)4-2-1-3-5-14/h6-7H,1-5,8,17H2. The number of benzene rings is 1. The first-order valence-corrected chi connectivity index (χ1v) is 6.98. The Labute approximate surface area is 115 Å². The summed E-state index contributed by atoms with van der Waals surface area (Å²) in [7, 11) is 0. The molecule has 1 aromatic heterocycles. The normalized spacial score (nSPS) is 18.9. The van der Waals surface area contributed by atoms with Gasteiger partial charge in [-0.1, -0.05) is 30.9 Å². The molecular formula is C14H16ClFN2O. The van der Waals surface area contributed by atoms with Gasteiger partial charge in [-0.15, -0.1) is 0 Å². The minimum atomic E-state index is -0.484. The van der Waals surface area contributed by atoms with Gasteiger partial charge in [-0.25, -0.2) is 9.37 Å². The van der Waals surface area contributed by atoms with Gasteiger partial charge < -0.3 is 10.2 Å². The van der Waals surface area contributed by atoms with Gasteiger partial charge in [-0.05, 0) is 18.9 Å². The van der Waals surface area contributed by atoms with Crippen molar-refractivity contribution in [2.45, 2.75) is 37.5 Å². The molecule has 1 aromatic carbocycles. The molecule has 1 aliphatic rings. The van der Waals surface area contributed by atoms with Gasteiger partial charge in [0.25, 0.3) is 0 Å². The molecule has 2 aromatic rings. The Morgan fingerprint density at radius 1 is 1.32 bits per heavy atom. The molecule has 1 heterocycles. The fourth-order valence-electron chi connectivity index (χ4n) is 2.88. The van der Waals surface area contributed by atoms with Crippen LogP contribution in [0.25, 0.3) is 11.1 Å². The Morgan fingerprint density at radius 3 is 2.74 bits per heavy atom. The van der Waals surface area contributed by atoms with E-state index in [2.05, 4.69) is 4.98 Å². The average Bonchev–Trinajstić information content (AvgIpc) is 2.83. The number of nitrogens with zero attached hydrogens (tertiary/aromatic N) is 1. The second-order valence-electron chi connectivity index (χ2n) is 5.30. The zero-order valence-corrected chi connectivity index (χ0v) is 11.3. The van der Waals surface area contributed by atoms with E-state index in [9.17, 15) is 4.39 Å². The predicted molar refractivity (Wildman–Crippen MR) is 72.8 cm³/mol. The Morgan fingerprint density at radius 2 is 2.05 bits per heavy atom. The number of fused-ring (bicyclic) bond motifs is 1. The van der Waals surface area contributed by atoms with Gasteiger partial charge in [0.05, 0.1) is 10.4 Å². The molecule has 0 radical (unpaired) electrons. The summed E-state index contributed by atoms with van der Waals surface area (Å²) >= 11 is 5.77. The van der Waals surface area contributed by atoms with Crippen LogP contribution in [-0.4, -0.2) is 11.5 Å². The molecule has 0 saturated heterocycles. The van der Waals surface area contributed by atoms with E-state index in [-0.39, 0.29) is 10.4 Å². The van der Waals surface area contributed by atoms with Crippen molar-refractivity contribution in [2.24, 2.45) is 5.73 Å². The Balaban J connectivity index is 2.09. The lowest BCUT2D eigenvalue weighted by molar-refractivity contribution is 0.247. The van der Waals surface area contributed by atoms with E-state index >= 15 is 0 Å².